The summed E-state index contributed by atoms with van der Waals surface area (Å²) in [6, 6.07) is 6.32. The fraction of sp³-hybridized carbons (Fsp3) is 0.462. The van der Waals surface area contributed by atoms with Gasteiger partial charge in [-0.15, -0.1) is 5.10 Å². The molecule has 1 saturated carbocycles. The van der Waals surface area contributed by atoms with E-state index in [1.54, 1.807) is 0 Å². The van der Waals surface area contributed by atoms with Crippen LogP contribution in [-0.4, -0.2) is 20.2 Å². The van der Waals surface area contributed by atoms with Gasteiger partial charge in [0.05, 0.1) is 6.04 Å². The van der Waals surface area contributed by atoms with Crippen LogP contribution in [0.1, 0.15) is 31.4 Å². The summed E-state index contributed by atoms with van der Waals surface area (Å²) in [4.78, 5) is 0. The Morgan fingerprint density at radius 3 is 2.94 bits per heavy atom. The number of rotatable bonds is 3. The van der Waals surface area contributed by atoms with E-state index < -0.39 is 0 Å². The Bertz CT molecular complexity index is 575. The van der Waals surface area contributed by atoms with Crippen molar-refractivity contribution in [2.24, 2.45) is 5.92 Å². The van der Waals surface area contributed by atoms with Gasteiger partial charge in [-0.1, -0.05) is 13.3 Å². The third kappa shape index (κ3) is 1.75. The van der Waals surface area contributed by atoms with Gasteiger partial charge in [0, 0.05) is 11.3 Å². The normalized spacial score (nSPS) is 22.1. The molecule has 1 aliphatic rings. The Morgan fingerprint density at radius 1 is 1.44 bits per heavy atom. The van der Waals surface area contributed by atoms with Crippen molar-refractivity contribution in [1.82, 2.24) is 20.2 Å². The molecule has 18 heavy (non-hydrogen) atoms. The second-order valence-corrected chi connectivity index (χ2v) is 4.99. The summed E-state index contributed by atoms with van der Waals surface area (Å²) in [6.07, 6.45) is 2.37. The van der Waals surface area contributed by atoms with Crippen LogP contribution in [0, 0.1) is 12.8 Å². The zero-order valence-electron chi connectivity index (χ0n) is 10.7. The minimum absolute atomic E-state index is 0.469. The van der Waals surface area contributed by atoms with Crippen LogP contribution in [0.15, 0.2) is 18.2 Å². The summed E-state index contributed by atoms with van der Waals surface area (Å²) in [7, 11) is 0. The molecule has 0 aliphatic heterocycles. The van der Waals surface area contributed by atoms with Gasteiger partial charge in [-0.05, 0) is 53.5 Å². The van der Waals surface area contributed by atoms with Gasteiger partial charge < -0.3 is 5.73 Å². The van der Waals surface area contributed by atoms with Gasteiger partial charge in [0.1, 0.15) is 0 Å². The highest BCUT2D eigenvalue weighted by Crippen LogP contribution is 2.46. The van der Waals surface area contributed by atoms with E-state index in [1.165, 1.54) is 12.8 Å². The second-order valence-electron chi connectivity index (χ2n) is 4.99. The first kappa shape index (κ1) is 11.2. The van der Waals surface area contributed by atoms with Crippen LogP contribution in [0.3, 0.4) is 0 Å². The van der Waals surface area contributed by atoms with Crippen molar-refractivity contribution in [2.45, 2.75) is 32.7 Å². The monoisotopic (exact) mass is 243 g/mol. The average Bonchev–Trinajstić information content (AvgIpc) is 2.98. The van der Waals surface area contributed by atoms with Gasteiger partial charge in [-0.25, -0.2) is 4.68 Å². The van der Waals surface area contributed by atoms with Gasteiger partial charge in [0.25, 0.3) is 0 Å². The van der Waals surface area contributed by atoms with E-state index in [2.05, 4.69) is 22.4 Å². The van der Waals surface area contributed by atoms with Crippen LogP contribution in [-0.2, 0) is 0 Å². The highest BCUT2D eigenvalue weighted by Gasteiger charge is 2.39. The molecule has 2 N–H and O–H groups in total. The number of aryl methyl sites for hydroxylation is 1. The van der Waals surface area contributed by atoms with Crippen molar-refractivity contribution in [3.8, 4) is 11.4 Å². The van der Waals surface area contributed by atoms with E-state index in [-0.39, 0.29) is 0 Å². The summed E-state index contributed by atoms with van der Waals surface area (Å²) in [5, 5.41) is 12.1. The van der Waals surface area contributed by atoms with Crippen molar-refractivity contribution < 1.29 is 0 Å². The number of nitrogen functional groups attached to an aromatic ring is 1. The molecule has 0 bridgehead atoms. The first-order valence-electron chi connectivity index (χ1n) is 6.35. The Hall–Kier alpha value is -1.91. The molecule has 1 heterocycles. The molecule has 2 aromatic rings. The van der Waals surface area contributed by atoms with E-state index in [9.17, 15) is 0 Å². The topological polar surface area (TPSA) is 69.6 Å². The summed E-state index contributed by atoms with van der Waals surface area (Å²) in [5.74, 6) is 1.58. The molecule has 94 valence electrons. The number of benzene rings is 1. The van der Waals surface area contributed by atoms with Crippen LogP contribution in [0.25, 0.3) is 11.4 Å². The molecule has 0 radical (unpaired) electrons. The molecule has 0 saturated heterocycles. The molecular weight excluding hydrogens is 226 g/mol. The largest absolute Gasteiger partial charge is 0.399 e. The summed E-state index contributed by atoms with van der Waals surface area (Å²) in [5.41, 5.74) is 8.72. The second kappa shape index (κ2) is 4.08. The summed E-state index contributed by atoms with van der Waals surface area (Å²) < 4.78 is 1.96. The fourth-order valence-electron chi connectivity index (χ4n) is 2.50. The molecule has 1 aromatic heterocycles. The minimum Gasteiger partial charge on any atom is -0.399 e. The lowest BCUT2D eigenvalue weighted by Gasteiger charge is -2.07. The highest BCUT2D eigenvalue weighted by molar-refractivity contribution is 5.63. The third-order valence-corrected chi connectivity index (χ3v) is 3.71. The van der Waals surface area contributed by atoms with Crippen molar-refractivity contribution in [3.05, 3.63) is 23.8 Å². The van der Waals surface area contributed by atoms with E-state index in [1.807, 2.05) is 29.8 Å². The molecule has 1 aromatic carbocycles. The van der Waals surface area contributed by atoms with Crippen molar-refractivity contribution >= 4 is 5.69 Å². The van der Waals surface area contributed by atoms with Crippen molar-refractivity contribution in [2.75, 3.05) is 5.73 Å². The van der Waals surface area contributed by atoms with E-state index >= 15 is 0 Å². The maximum Gasteiger partial charge on any atom is 0.182 e. The van der Waals surface area contributed by atoms with Crippen LogP contribution in [0.4, 0.5) is 5.69 Å². The standard InChI is InChI=1S/C13H17N5/c1-3-9-7-12(9)18-13(15-16-17-18)11-5-4-10(14)6-8(11)2/h4-6,9,12H,3,7,14H2,1-2H3. The predicted molar refractivity (Wildman–Crippen MR) is 69.8 cm³/mol. The molecule has 0 spiro atoms. The van der Waals surface area contributed by atoms with Gasteiger partial charge >= 0.3 is 0 Å². The van der Waals surface area contributed by atoms with E-state index in [4.69, 9.17) is 5.73 Å². The first-order chi connectivity index (χ1) is 8.70. The number of nitrogens with zero attached hydrogens (tertiary/aromatic N) is 4. The zero-order valence-corrected chi connectivity index (χ0v) is 10.7. The van der Waals surface area contributed by atoms with E-state index in [0.717, 1.165) is 28.6 Å². The molecule has 1 aliphatic carbocycles. The summed E-state index contributed by atoms with van der Waals surface area (Å²) >= 11 is 0. The van der Waals surface area contributed by atoms with Gasteiger partial charge in [0.15, 0.2) is 5.82 Å². The third-order valence-electron chi connectivity index (χ3n) is 3.71. The minimum atomic E-state index is 0.469. The predicted octanol–water partition coefficient (Wildman–Crippen LogP) is 2.20. The number of anilines is 1. The number of aromatic nitrogens is 4. The molecule has 5 nitrogen and oxygen atoms in total. The molecule has 2 atom stereocenters. The van der Waals surface area contributed by atoms with Crippen molar-refractivity contribution in [3.63, 3.8) is 0 Å². The Balaban J connectivity index is 2.00. The van der Waals surface area contributed by atoms with Gasteiger partial charge in [-0.3, -0.25) is 0 Å². The summed E-state index contributed by atoms with van der Waals surface area (Å²) in [6.45, 7) is 4.25. The lowest BCUT2D eigenvalue weighted by molar-refractivity contribution is 0.563. The van der Waals surface area contributed by atoms with Crippen LogP contribution < -0.4 is 5.73 Å². The number of hydrogen-bond donors (Lipinski definition) is 1. The van der Waals surface area contributed by atoms with Gasteiger partial charge in [-0.2, -0.15) is 0 Å². The van der Waals surface area contributed by atoms with Crippen LogP contribution in [0.5, 0.6) is 0 Å². The van der Waals surface area contributed by atoms with Crippen LogP contribution in [0.2, 0.25) is 0 Å². The average molecular weight is 243 g/mol. The first-order valence-corrected chi connectivity index (χ1v) is 6.35. The lowest BCUT2D eigenvalue weighted by atomic mass is 10.1. The molecule has 2 unspecified atom stereocenters. The lowest BCUT2D eigenvalue weighted by Crippen LogP contribution is -2.03. The number of hydrogen-bond acceptors (Lipinski definition) is 4. The molecular formula is C13H17N5. The molecule has 5 heteroatoms. The molecule has 0 amide bonds. The van der Waals surface area contributed by atoms with Crippen LogP contribution >= 0.6 is 0 Å². The molecule has 3 rings (SSSR count). The zero-order chi connectivity index (χ0) is 12.7. The maximum absolute atomic E-state index is 5.78. The van der Waals surface area contributed by atoms with E-state index in [0.29, 0.717) is 6.04 Å². The number of nitrogens with two attached hydrogens (primary N) is 1. The maximum atomic E-state index is 5.78. The quantitative estimate of drug-likeness (QED) is 0.839. The Morgan fingerprint density at radius 2 is 2.28 bits per heavy atom. The Labute approximate surface area is 106 Å². The van der Waals surface area contributed by atoms with Crippen molar-refractivity contribution in [1.29, 1.82) is 0 Å². The Kier molecular flexibility index (Phi) is 2.54. The van der Waals surface area contributed by atoms with Gasteiger partial charge in [0.2, 0.25) is 0 Å². The SMILES string of the molecule is CCC1CC1n1nnnc1-c1ccc(N)cc1C. The highest BCUT2D eigenvalue weighted by atomic mass is 15.6. The molecule has 1 fully saturated rings. The fourth-order valence-corrected chi connectivity index (χ4v) is 2.50. The smallest absolute Gasteiger partial charge is 0.182 e. The number of tetrazole rings is 1.